The van der Waals surface area contributed by atoms with E-state index in [2.05, 4.69) is 0 Å². The Hall–Kier alpha value is -2.61. The number of hydrogen-bond acceptors (Lipinski definition) is 2. The van der Waals surface area contributed by atoms with E-state index in [0.29, 0.717) is 5.56 Å². The molecule has 3 rings (SSSR count). The maximum absolute atomic E-state index is 12.1. The van der Waals surface area contributed by atoms with Crippen LogP contribution in [-0.4, -0.2) is 12.4 Å². The van der Waals surface area contributed by atoms with Crippen molar-refractivity contribution >= 4 is 16.6 Å². The molecule has 0 fully saturated rings. The molecule has 0 bridgehead atoms. The number of Topliss-reactive ketones (excluding diaryl/α,β-unsaturated/α-hetero) is 1. The maximum atomic E-state index is 12.1. The van der Waals surface area contributed by atoms with Gasteiger partial charge in [0.25, 0.3) is 0 Å². The highest BCUT2D eigenvalue weighted by atomic mass is 16.5. The third-order valence-corrected chi connectivity index (χ3v) is 3.48. The Balaban J connectivity index is 1.77. The zero-order valence-corrected chi connectivity index (χ0v) is 11.9. The number of hydrogen-bond donors (Lipinski definition) is 0. The topological polar surface area (TPSA) is 26.3 Å². The summed E-state index contributed by atoms with van der Waals surface area (Å²) >= 11 is 0. The molecule has 0 radical (unpaired) electrons. The van der Waals surface area contributed by atoms with Crippen molar-refractivity contribution in [2.45, 2.75) is 6.92 Å². The van der Waals surface area contributed by atoms with Gasteiger partial charge in [-0.15, -0.1) is 0 Å². The Morgan fingerprint density at radius 2 is 1.62 bits per heavy atom. The van der Waals surface area contributed by atoms with Gasteiger partial charge in [0, 0.05) is 10.9 Å². The first-order valence-corrected chi connectivity index (χ1v) is 6.94. The summed E-state index contributed by atoms with van der Waals surface area (Å²) in [5, 5.41) is 2.13. The summed E-state index contributed by atoms with van der Waals surface area (Å²) in [5.41, 5.74) is 1.82. The predicted molar refractivity (Wildman–Crippen MR) is 85.0 cm³/mol. The van der Waals surface area contributed by atoms with Crippen LogP contribution in [0, 0.1) is 6.92 Å². The first-order valence-electron chi connectivity index (χ1n) is 6.94. The number of aryl methyl sites for hydroxylation is 1. The number of ether oxygens (including phenoxy) is 1. The highest BCUT2D eigenvalue weighted by Gasteiger charge is 2.08. The molecule has 0 aliphatic carbocycles. The van der Waals surface area contributed by atoms with Gasteiger partial charge in [0.1, 0.15) is 5.75 Å². The summed E-state index contributed by atoms with van der Waals surface area (Å²) in [7, 11) is 0. The lowest BCUT2D eigenvalue weighted by molar-refractivity contribution is 0.0922. The van der Waals surface area contributed by atoms with E-state index < -0.39 is 0 Å². The fourth-order valence-electron chi connectivity index (χ4n) is 2.29. The molecule has 0 amide bonds. The average Bonchev–Trinajstić information content (AvgIpc) is 2.53. The minimum absolute atomic E-state index is 0.0112. The average molecular weight is 276 g/mol. The second-order valence-corrected chi connectivity index (χ2v) is 5.06. The predicted octanol–water partition coefficient (Wildman–Crippen LogP) is 4.41. The van der Waals surface area contributed by atoms with E-state index in [0.717, 1.165) is 22.1 Å². The standard InChI is InChI=1S/C19H16O2/c1-14-9-11-16(12-10-14)18(20)13-21-19-8-4-6-15-5-2-3-7-17(15)19/h2-12H,13H2,1H3. The summed E-state index contributed by atoms with van der Waals surface area (Å²) in [6.07, 6.45) is 0. The Labute approximate surface area is 124 Å². The molecule has 2 heteroatoms. The first-order chi connectivity index (χ1) is 10.2. The van der Waals surface area contributed by atoms with Crippen LogP contribution in [0.3, 0.4) is 0 Å². The summed E-state index contributed by atoms with van der Waals surface area (Å²) in [4.78, 5) is 12.1. The summed E-state index contributed by atoms with van der Waals surface area (Å²) in [5.74, 6) is 0.733. The van der Waals surface area contributed by atoms with Crippen LogP contribution in [-0.2, 0) is 0 Å². The van der Waals surface area contributed by atoms with Crippen LogP contribution in [0.5, 0.6) is 5.75 Å². The van der Waals surface area contributed by atoms with Crippen LogP contribution in [0.2, 0.25) is 0 Å². The van der Waals surface area contributed by atoms with Gasteiger partial charge in [-0.2, -0.15) is 0 Å². The minimum Gasteiger partial charge on any atom is -0.485 e. The SMILES string of the molecule is Cc1ccc(C(=O)COc2cccc3ccccc23)cc1. The molecule has 0 spiro atoms. The molecule has 3 aromatic carbocycles. The molecule has 0 N–H and O–H groups in total. The Kier molecular flexibility index (Phi) is 3.69. The molecule has 0 heterocycles. The van der Waals surface area contributed by atoms with Crippen molar-refractivity contribution in [3.05, 3.63) is 77.9 Å². The van der Waals surface area contributed by atoms with Crippen molar-refractivity contribution in [2.24, 2.45) is 0 Å². The van der Waals surface area contributed by atoms with E-state index in [1.165, 1.54) is 0 Å². The van der Waals surface area contributed by atoms with Crippen LogP contribution in [0.15, 0.2) is 66.7 Å². The quantitative estimate of drug-likeness (QED) is 0.660. The van der Waals surface area contributed by atoms with Gasteiger partial charge in [-0.05, 0) is 18.4 Å². The maximum Gasteiger partial charge on any atom is 0.200 e. The smallest absolute Gasteiger partial charge is 0.200 e. The number of ketones is 1. The lowest BCUT2D eigenvalue weighted by Crippen LogP contribution is -2.11. The highest BCUT2D eigenvalue weighted by Crippen LogP contribution is 2.25. The van der Waals surface area contributed by atoms with Crippen LogP contribution in [0.1, 0.15) is 15.9 Å². The summed E-state index contributed by atoms with van der Waals surface area (Å²) in [6, 6.07) is 21.4. The zero-order chi connectivity index (χ0) is 14.7. The van der Waals surface area contributed by atoms with Crippen LogP contribution in [0.4, 0.5) is 0 Å². The van der Waals surface area contributed by atoms with E-state index in [4.69, 9.17) is 4.74 Å². The van der Waals surface area contributed by atoms with Gasteiger partial charge < -0.3 is 4.74 Å². The highest BCUT2D eigenvalue weighted by molar-refractivity contribution is 5.97. The molecule has 0 saturated carbocycles. The Morgan fingerprint density at radius 3 is 2.43 bits per heavy atom. The number of benzene rings is 3. The van der Waals surface area contributed by atoms with Crippen LogP contribution < -0.4 is 4.74 Å². The molecule has 0 aromatic heterocycles. The van der Waals surface area contributed by atoms with Crippen molar-refractivity contribution in [1.29, 1.82) is 0 Å². The second-order valence-electron chi connectivity index (χ2n) is 5.06. The normalized spacial score (nSPS) is 10.5. The number of carbonyl (C=O) groups is 1. The molecule has 0 aliphatic heterocycles. The molecule has 21 heavy (non-hydrogen) atoms. The van der Waals surface area contributed by atoms with E-state index >= 15 is 0 Å². The molecule has 0 unspecified atom stereocenters. The monoisotopic (exact) mass is 276 g/mol. The van der Waals surface area contributed by atoms with Crippen molar-refractivity contribution < 1.29 is 9.53 Å². The minimum atomic E-state index is -0.0112. The number of rotatable bonds is 4. The second kappa shape index (κ2) is 5.80. The Bertz CT molecular complexity index is 768. The van der Waals surface area contributed by atoms with Crippen LogP contribution in [0.25, 0.3) is 10.8 Å². The largest absolute Gasteiger partial charge is 0.485 e. The lowest BCUT2D eigenvalue weighted by Gasteiger charge is -2.09. The molecule has 2 nitrogen and oxygen atoms in total. The van der Waals surface area contributed by atoms with Crippen molar-refractivity contribution in [1.82, 2.24) is 0 Å². The summed E-state index contributed by atoms with van der Waals surface area (Å²) in [6.45, 7) is 2.05. The van der Waals surface area contributed by atoms with Gasteiger partial charge in [-0.1, -0.05) is 66.2 Å². The third kappa shape index (κ3) is 2.95. The molecule has 3 aromatic rings. The molecule has 0 atom stereocenters. The van der Waals surface area contributed by atoms with Gasteiger partial charge in [-0.3, -0.25) is 4.79 Å². The van der Waals surface area contributed by atoms with E-state index in [9.17, 15) is 4.79 Å². The number of fused-ring (bicyclic) bond motifs is 1. The van der Waals surface area contributed by atoms with Gasteiger partial charge in [0.2, 0.25) is 0 Å². The molecular weight excluding hydrogens is 260 g/mol. The Morgan fingerprint density at radius 1 is 0.905 bits per heavy atom. The lowest BCUT2D eigenvalue weighted by atomic mass is 10.1. The van der Waals surface area contributed by atoms with Crippen molar-refractivity contribution in [3.63, 3.8) is 0 Å². The van der Waals surface area contributed by atoms with Crippen molar-refractivity contribution in [3.8, 4) is 5.75 Å². The van der Waals surface area contributed by atoms with Gasteiger partial charge >= 0.3 is 0 Å². The fourth-order valence-corrected chi connectivity index (χ4v) is 2.29. The van der Waals surface area contributed by atoms with Gasteiger partial charge in [-0.25, -0.2) is 0 Å². The zero-order valence-electron chi connectivity index (χ0n) is 11.9. The first kappa shape index (κ1) is 13.4. The van der Waals surface area contributed by atoms with Gasteiger partial charge in [0.05, 0.1) is 0 Å². The molecule has 0 aliphatic rings. The fraction of sp³-hybridized carbons (Fsp3) is 0.105. The molecule has 0 saturated heterocycles. The van der Waals surface area contributed by atoms with E-state index in [1.54, 1.807) is 0 Å². The van der Waals surface area contributed by atoms with E-state index in [1.807, 2.05) is 73.7 Å². The van der Waals surface area contributed by atoms with Gasteiger partial charge in [0.15, 0.2) is 12.4 Å². The number of carbonyl (C=O) groups excluding carboxylic acids is 1. The van der Waals surface area contributed by atoms with E-state index in [-0.39, 0.29) is 12.4 Å². The van der Waals surface area contributed by atoms with Crippen molar-refractivity contribution in [2.75, 3.05) is 6.61 Å². The molecule has 104 valence electrons. The summed E-state index contributed by atoms with van der Waals surface area (Å²) < 4.78 is 5.72. The third-order valence-electron chi connectivity index (χ3n) is 3.48. The van der Waals surface area contributed by atoms with Crippen LogP contribution >= 0.6 is 0 Å². The molecular formula is C19H16O2.